The van der Waals surface area contributed by atoms with Crippen LogP contribution in [-0.2, 0) is 13.1 Å². The molecule has 0 aliphatic rings. The molecule has 2 heterocycles. The molecule has 9 heteroatoms. The Labute approximate surface area is 194 Å². The van der Waals surface area contributed by atoms with E-state index in [2.05, 4.69) is 5.32 Å². The number of aromatic hydroxyl groups is 1. The Hall–Kier alpha value is -4.40. The van der Waals surface area contributed by atoms with Crippen LogP contribution in [0.1, 0.15) is 21.5 Å². The number of fused-ring (bicyclic) bond motifs is 1. The summed E-state index contributed by atoms with van der Waals surface area (Å²) in [6, 6.07) is 13.2. The first-order chi connectivity index (χ1) is 16.2. The van der Waals surface area contributed by atoms with Gasteiger partial charge >= 0.3 is 0 Å². The van der Waals surface area contributed by atoms with Crippen molar-refractivity contribution in [1.29, 1.82) is 0 Å². The van der Waals surface area contributed by atoms with E-state index in [0.29, 0.717) is 5.56 Å². The predicted octanol–water partition coefficient (Wildman–Crippen LogP) is 2.35. The highest BCUT2D eigenvalue weighted by atomic mass is 19.1. The van der Waals surface area contributed by atoms with E-state index in [4.69, 9.17) is 0 Å². The highest BCUT2D eigenvalue weighted by molar-refractivity contribution is 5.94. The minimum Gasteiger partial charge on any atom is -0.503 e. The molecule has 0 aliphatic carbocycles. The quantitative estimate of drug-likeness (QED) is 0.459. The van der Waals surface area contributed by atoms with Crippen LogP contribution in [-0.4, -0.2) is 34.1 Å². The summed E-state index contributed by atoms with van der Waals surface area (Å²) >= 11 is 0. The summed E-state index contributed by atoms with van der Waals surface area (Å²) in [5, 5.41) is 13.1. The molecule has 0 aliphatic heterocycles. The molecule has 0 saturated heterocycles. The smallest absolute Gasteiger partial charge is 0.279 e. The summed E-state index contributed by atoms with van der Waals surface area (Å²) in [5.74, 6) is -1.91. The molecule has 4 aromatic rings. The summed E-state index contributed by atoms with van der Waals surface area (Å²) in [7, 11) is 3.86. The fourth-order valence-electron chi connectivity index (χ4n) is 3.57. The third kappa shape index (κ3) is 4.54. The second-order valence-corrected chi connectivity index (χ2v) is 8.08. The highest BCUT2D eigenvalue weighted by Crippen LogP contribution is 2.14. The van der Waals surface area contributed by atoms with Gasteiger partial charge in [0.05, 0.1) is 6.54 Å². The number of carbonyl (C=O) groups is 1. The molecule has 0 unspecified atom stereocenters. The van der Waals surface area contributed by atoms with E-state index < -0.39 is 28.5 Å². The van der Waals surface area contributed by atoms with Crippen molar-refractivity contribution in [3.05, 3.63) is 110 Å². The third-order valence-electron chi connectivity index (χ3n) is 5.50. The average Bonchev–Trinajstić information content (AvgIpc) is 2.82. The first-order valence-electron chi connectivity index (χ1n) is 10.5. The minimum atomic E-state index is -0.943. The number of carbonyl (C=O) groups excluding carboxylic acids is 1. The molecule has 174 valence electrons. The zero-order valence-electron chi connectivity index (χ0n) is 18.7. The van der Waals surface area contributed by atoms with Crippen LogP contribution in [0, 0.1) is 5.82 Å². The number of aromatic nitrogens is 2. The van der Waals surface area contributed by atoms with Crippen molar-refractivity contribution < 1.29 is 14.3 Å². The maximum absolute atomic E-state index is 13.0. The monoisotopic (exact) mass is 462 g/mol. The Kier molecular flexibility index (Phi) is 6.18. The lowest BCUT2D eigenvalue weighted by Gasteiger charge is -2.14. The van der Waals surface area contributed by atoms with E-state index in [0.717, 1.165) is 11.3 Å². The number of halogens is 1. The van der Waals surface area contributed by atoms with Gasteiger partial charge in [-0.15, -0.1) is 0 Å². The van der Waals surface area contributed by atoms with Crippen LogP contribution in [0.5, 0.6) is 5.75 Å². The van der Waals surface area contributed by atoms with Gasteiger partial charge in [0.2, 0.25) is 5.43 Å². The standard InChI is InChI=1S/C25H23FN4O4/c1-28(2)19-9-5-17(6-10-19)14-30-12-11-29-15-20(22(31)23(32)21(29)25(30)34)24(33)27-13-16-3-7-18(26)8-4-16/h3-12,15,32H,13-14H2,1-2H3,(H,27,33). The van der Waals surface area contributed by atoms with Crippen molar-refractivity contribution in [2.24, 2.45) is 0 Å². The molecule has 0 fully saturated rings. The van der Waals surface area contributed by atoms with Crippen molar-refractivity contribution in [1.82, 2.24) is 14.3 Å². The molecule has 0 spiro atoms. The summed E-state index contributed by atoms with van der Waals surface area (Å²) in [6.45, 7) is 0.312. The van der Waals surface area contributed by atoms with Gasteiger partial charge in [0, 0.05) is 44.9 Å². The number of pyridine rings is 1. The van der Waals surface area contributed by atoms with Gasteiger partial charge in [-0.25, -0.2) is 4.39 Å². The van der Waals surface area contributed by atoms with E-state index in [-0.39, 0.29) is 24.2 Å². The Morgan fingerprint density at radius 1 is 1.00 bits per heavy atom. The van der Waals surface area contributed by atoms with Crippen molar-refractivity contribution in [3.63, 3.8) is 0 Å². The molecular weight excluding hydrogens is 439 g/mol. The van der Waals surface area contributed by atoms with E-state index in [1.807, 2.05) is 43.3 Å². The van der Waals surface area contributed by atoms with Gasteiger partial charge in [-0.3, -0.25) is 14.4 Å². The molecule has 0 radical (unpaired) electrons. The van der Waals surface area contributed by atoms with E-state index in [1.54, 1.807) is 0 Å². The van der Waals surface area contributed by atoms with Crippen LogP contribution in [0.4, 0.5) is 10.1 Å². The van der Waals surface area contributed by atoms with Crippen LogP contribution in [0.25, 0.3) is 5.52 Å². The van der Waals surface area contributed by atoms with Gasteiger partial charge in [0.15, 0.2) is 11.3 Å². The van der Waals surface area contributed by atoms with E-state index in [1.165, 1.54) is 51.8 Å². The average molecular weight is 462 g/mol. The molecule has 0 saturated carbocycles. The number of rotatable bonds is 6. The maximum atomic E-state index is 13.0. The fourth-order valence-corrected chi connectivity index (χ4v) is 3.57. The Balaban J connectivity index is 1.62. The fraction of sp³-hybridized carbons (Fsp3) is 0.160. The number of anilines is 1. The maximum Gasteiger partial charge on any atom is 0.279 e. The van der Waals surface area contributed by atoms with Crippen LogP contribution in [0.3, 0.4) is 0 Å². The lowest BCUT2D eigenvalue weighted by atomic mass is 10.2. The van der Waals surface area contributed by atoms with Gasteiger partial charge in [0.25, 0.3) is 11.5 Å². The summed E-state index contributed by atoms with van der Waals surface area (Å²) < 4.78 is 15.7. The lowest BCUT2D eigenvalue weighted by Crippen LogP contribution is -2.31. The SMILES string of the molecule is CN(C)c1ccc(Cn2ccn3cc(C(=O)NCc4ccc(F)cc4)c(=O)c(O)c3c2=O)cc1. The number of benzene rings is 2. The molecule has 8 nitrogen and oxygen atoms in total. The molecule has 2 aromatic carbocycles. The third-order valence-corrected chi connectivity index (χ3v) is 5.50. The summed E-state index contributed by atoms with van der Waals surface area (Å²) in [6.07, 6.45) is 4.25. The Morgan fingerprint density at radius 3 is 2.29 bits per heavy atom. The van der Waals surface area contributed by atoms with Gasteiger partial charge in [-0.05, 0) is 35.4 Å². The highest BCUT2D eigenvalue weighted by Gasteiger charge is 2.19. The second kappa shape index (κ2) is 9.22. The van der Waals surface area contributed by atoms with Gasteiger partial charge in [-0.1, -0.05) is 24.3 Å². The number of amides is 1. The zero-order valence-corrected chi connectivity index (χ0v) is 18.7. The molecular formula is C25H23FN4O4. The second-order valence-electron chi connectivity index (χ2n) is 8.08. The topological polar surface area (TPSA) is 96.1 Å². The molecule has 4 rings (SSSR count). The molecule has 0 atom stereocenters. The minimum absolute atomic E-state index is 0.0657. The normalized spacial score (nSPS) is 10.9. The Bertz CT molecular complexity index is 1470. The first kappa shape index (κ1) is 22.8. The number of hydrogen-bond acceptors (Lipinski definition) is 5. The Morgan fingerprint density at radius 2 is 1.65 bits per heavy atom. The van der Waals surface area contributed by atoms with Gasteiger partial charge in [0.1, 0.15) is 11.4 Å². The van der Waals surface area contributed by atoms with Crippen molar-refractivity contribution in [3.8, 4) is 5.75 Å². The lowest BCUT2D eigenvalue weighted by molar-refractivity contribution is 0.0949. The molecule has 0 bridgehead atoms. The van der Waals surface area contributed by atoms with Crippen LogP contribution in [0.15, 0.2) is 76.7 Å². The molecule has 34 heavy (non-hydrogen) atoms. The van der Waals surface area contributed by atoms with Crippen LogP contribution >= 0.6 is 0 Å². The van der Waals surface area contributed by atoms with Crippen LogP contribution < -0.4 is 21.2 Å². The molecule has 2 aromatic heterocycles. The van der Waals surface area contributed by atoms with Crippen molar-refractivity contribution >= 4 is 17.1 Å². The number of nitrogens with one attached hydrogen (secondary N) is 1. The van der Waals surface area contributed by atoms with Crippen LogP contribution in [0.2, 0.25) is 0 Å². The first-order valence-corrected chi connectivity index (χ1v) is 10.5. The number of nitrogens with zero attached hydrogens (tertiary/aromatic N) is 3. The molecule has 2 N–H and O–H groups in total. The van der Waals surface area contributed by atoms with Crippen molar-refractivity contribution in [2.75, 3.05) is 19.0 Å². The van der Waals surface area contributed by atoms with E-state index >= 15 is 0 Å². The van der Waals surface area contributed by atoms with Gasteiger partial charge in [-0.2, -0.15) is 0 Å². The molecule has 1 amide bonds. The largest absolute Gasteiger partial charge is 0.503 e. The van der Waals surface area contributed by atoms with Crippen molar-refractivity contribution in [2.45, 2.75) is 13.1 Å². The summed E-state index contributed by atoms with van der Waals surface area (Å²) in [5.41, 5.74) is 0.496. The zero-order chi connectivity index (χ0) is 24.4. The number of hydrogen-bond donors (Lipinski definition) is 2. The summed E-state index contributed by atoms with van der Waals surface area (Å²) in [4.78, 5) is 40.2. The predicted molar refractivity (Wildman–Crippen MR) is 127 cm³/mol. The van der Waals surface area contributed by atoms with Gasteiger partial charge < -0.3 is 24.3 Å². The van der Waals surface area contributed by atoms with E-state index in [9.17, 15) is 23.9 Å².